The fraction of sp³-hybridized carbons (Fsp3) is 0.143. The Kier molecular flexibility index (Phi) is 9.85. The van der Waals surface area contributed by atoms with Crippen molar-refractivity contribution in [1.82, 2.24) is 4.57 Å². The summed E-state index contributed by atoms with van der Waals surface area (Å²) in [6.07, 6.45) is 16.8. The van der Waals surface area contributed by atoms with Crippen molar-refractivity contribution in [2.24, 2.45) is 0 Å². The molecule has 0 radical (unpaired) electrons. The van der Waals surface area contributed by atoms with Gasteiger partial charge in [-0.05, 0) is 153 Å². The molecule has 0 fully saturated rings. The summed E-state index contributed by atoms with van der Waals surface area (Å²) in [6, 6.07) is 65.0. The van der Waals surface area contributed by atoms with Gasteiger partial charge in [-0.3, -0.25) is 0 Å². The average Bonchev–Trinajstić information content (AvgIpc) is 3.97. The van der Waals surface area contributed by atoms with E-state index in [9.17, 15) is 0 Å². The van der Waals surface area contributed by atoms with Gasteiger partial charge in [-0.1, -0.05) is 169 Å². The first-order valence-electron chi connectivity index (χ1n) is 23.8. The number of anilines is 2. The predicted molar refractivity (Wildman–Crippen MR) is 287 cm³/mol. The van der Waals surface area contributed by atoms with E-state index in [0.29, 0.717) is 0 Å². The molecule has 2 aromatic heterocycles. The molecule has 0 spiro atoms. The number of fused-ring (bicyclic) bond motifs is 11. The lowest BCUT2D eigenvalue weighted by atomic mass is 9.82. The van der Waals surface area contributed by atoms with E-state index < -0.39 is 7.53 Å². The second kappa shape index (κ2) is 16.1. The van der Waals surface area contributed by atoms with Crippen molar-refractivity contribution in [1.29, 1.82) is 0 Å². The van der Waals surface area contributed by atoms with Crippen molar-refractivity contribution < 1.29 is 0 Å². The first kappa shape index (κ1) is 40.4. The van der Waals surface area contributed by atoms with Gasteiger partial charge in [-0.2, -0.15) is 0 Å². The van der Waals surface area contributed by atoms with Gasteiger partial charge in [-0.25, -0.2) is 0 Å². The van der Waals surface area contributed by atoms with Crippen LogP contribution in [0.1, 0.15) is 62.8 Å². The summed E-state index contributed by atoms with van der Waals surface area (Å²) < 4.78 is 2.46. The molecule has 0 saturated carbocycles. The molecule has 66 heavy (non-hydrogen) atoms. The molecular formula is C63H53N2P. The summed E-state index contributed by atoms with van der Waals surface area (Å²) in [5.74, 6) is 0. The number of hydrogen-bond donors (Lipinski definition) is 0. The summed E-state index contributed by atoms with van der Waals surface area (Å²) in [6.45, 7) is 8.77. The maximum Gasteiger partial charge on any atom is 0.0559 e. The Labute approximate surface area is 389 Å². The molecule has 2 heterocycles. The highest BCUT2D eigenvalue weighted by atomic mass is 31.1. The average molecular weight is 869 g/mol. The summed E-state index contributed by atoms with van der Waals surface area (Å²) >= 11 is 0. The van der Waals surface area contributed by atoms with Crippen LogP contribution in [0.15, 0.2) is 200 Å². The zero-order chi connectivity index (χ0) is 44.5. The van der Waals surface area contributed by atoms with Crippen LogP contribution in [-0.2, 0) is 11.8 Å². The van der Waals surface area contributed by atoms with Gasteiger partial charge in [0.05, 0.1) is 17.1 Å². The van der Waals surface area contributed by atoms with Crippen molar-refractivity contribution >= 4 is 67.8 Å². The van der Waals surface area contributed by atoms with Crippen LogP contribution in [0.3, 0.4) is 0 Å². The third kappa shape index (κ3) is 6.30. The molecule has 3 aliphatic carbocycles. The molecule has 0 saturated heterocycles. The molecule has 320 valence electrons. The first-order valence-corrected chi connectivity index (χ1v) is 25.2. The van der Waals surface area contributed by atoms with E-state index in [0.717, 1.165) is 19.3 Å². The standard InChI is InChI=1S/C61H47N2P.C2H6/c1-61(2)54-25-15-14-24-49(54)50-31-29-46(39-55(50)61)62(43-17-6-3-7-18-43)45-30-35-59-52(38-45)51-36-42(28-34-58(51)64(59)47-21-10-5-11-22-47)41-27-32-56-53(37-41)60-48-23-13-12-16-40(48)26-33-57(60)63(56)44-19-8-4-9-20-44;1-2/h3-12,14-17,19-22,24-39,43H,13,18,23H2,1-2H3;1-2H3. The lowest BCUT2D eigenvalue weighted by Crippen LogP contribution is -2.30. The van der Waals surface area contributed by atoms with Crippen LogP contribution < -0.4 is 4.90 Å². The predicted octanol–water partition coefficient (Wildman–Crippen LogP) is 18.0. The Bertz CT molecular complexity index is 3620. The molecular weight excluding hydrogens is 816 g/mol. The summed E-state index contributed by atoms with van der Waals surface area (Å²) in [4.78, 5) is 2.60. The van der Waals surface area contributed by atoms with Gasteiger partial charge in [-0.15, -0.1) is 0 Å². The Morgan fingerprint density at radius 1 is 0.576 bits per heavy atom. The first-order chi connectivity index (χ1) is 32.5. The molecule has 0 bridgehead atoms. The van der Waals surface area contributed by atoms with E-state index >= 15 is 0 Å². The lowest BCUT2D eigenvalue weighted by molar-refractivity contribution is 0.659. The van der Waals surface area contributed by atoms with Crippen molar-refractivity contribution in [2.75, 3.05) is 4.90 Å². The molecule has 2 atom stereocenters. The Morgan fingerprint density at radius 2 is 1.24 bits per heavy atom. The third-order valence-corrected chi connectivity index (χ3v) is 17.0. The number of hydrogen-bond acceptors (Lipinski definition) is 1. The minimum atomic E-state index is -0.730. The minimum absolute atomic E-state index is 0.0788. The zero-order valence-corrected chi connectivity index (χ0v) is 39.1. The lowest BCUT2D eigenvalue weighted by Gasteiger charge is -2.34. The van der Waals surface area contributed by atoms with Crippen molar-refractivity contribution in [3.63, 3.8) is 0 Å². The highest BCUT2D eigenvalue weighted by molar-refractivity contribution is 7.67. The molecule has 0 aliphatic heterocycles. The number of benzene rings is 8. The van der Waals surface area contributed by atoms with E-state index in [4.69, 9.17) is 0 Å². The van der Waals surface area contributed by atoms with Crippen LogP contribution in [0, 0.1) is 0 Å². The van der Waals surface area contributed by atoms with E-state index in [-0.39, 0.29) is 11.5 Å². The summed E-state index contributed by atoms with van der Waals surface area (Å²) in [5, 5.41) is 9.67. The van der Waals surface area contributed by atoms with Gasteiger partial charge >= 0.3 is 0 Å². The minimum Gasteiger partial charge on any atom is -0.334 e. The monoisotopic (exact) mass is 868 g/mol. The van der Waals surface area contributed by atoms with E-state index in [2.05, 4.69) is 230 Å². The van der Waals surface area contributed by atoms with Crippen molar-refractivity contribution in [3.05, 3.63) is 222 Å². The Balaban J connectivity index is 0.00000225. The quantitative estimate of drug-likeness (QED) is 0.162. The van der Waals surface area contributed by atoms with E-state index in [1.807, 2.05) is 13.8 Å². The highest BCUT2D eigenvalue weighted by Crippen LogP contribution is 2.57. The molecule has 2 nitrogen and oxygen atoms in total. The topological polar surface area (TPSA) is 8.17 Å². The Hall–Kier alpha value is -7.12. The second-order valence-electron chi connectivity index (χ2n) is 18.4. The van der Waals surface area contributed by atoms with Crippen molar-refractivity contribution in [2.45, 2.75) is 58.4 Å². The largest absolute Gasteiger partial charge is 0.334 e. The summed E-state index contributed by atoms with van der Waals surface area (Å²) in [5.41, 5.74) is 17.0. The fourth-order valence-corrected chi connectivity index (χ4v) is 14.0. The molecule has 3 heteroatoms. The van der Waals surface area contributed by atoms with Crippen LogP contribution in [0.4, 0.5) is 11.4 Å². The highest BCUT2D eigenvalue weighted by Gasteiger charge is 2.36. The maximum atomic E-state index is 2.60. The SMILES string of the molecule is CC.CC1(C)c2ccccc2-c2ccc(N(c3ccc4c(c3)c3cc(-c5ccc6c(c5)c5c7c(ccc5n6-c5ccccc5)C=CCC7)ccc3p4-c3ccccc3)C3C=CC=CC3)cc21. The van der Waals surface area contributed by atoms with Crippen LogP contribution >= 0.6 is 7.53 Å². The van der Waals surface area contributed by atoms with Crippen LogP contribution in [0.5, 0.6) is 0 Å². The second-order valence-corrected chi connectivity index (χ2v) is 20.5. The summed E-state index contributed by atoms with van der Waals surface area (Å²) in [7, 11) is -0.730. The molecule has 3 aliphatic rings. The van der Waals surface area contributed by atoms with Gasteiger partial charge in [0.1, 0.15) is 0 Å². The molecule has 8 aromatic carbocycles. The van der Waals surface area contributed by atoms with Gasteiger partial charge in [0, 0.05) is 43.5 Å². The molecule has 10 aromatic rings. The smallest absolute Gasteiger partial charge is 0.0559 e. The van der Waals surface area contributed by atoms with Gasteiger partial charge < -0.3 is 9.47 Å². The number of rotatable bonds is 6. The third-order valence-electron chi connectivity index (χ3n) is 14.5. The van der Waals surface area contributed by atoms with Crippen molar-refractivity contribution in [3.8, 4) is 33.2 Å². The van der Waals surface area contributed by atoms with Crippen LogP contribution in [0.25, 0.3) is 82.1 Å². The van der Waals surface area contributed by atoms with Crippen LogP contribution in [0.2, 0.25) is 0 Å². The zero-order valence-electron chi connectivity index (χ0n) is 38.2. The molecule has 0 amide bonds. The normalized spacial score (nSPS) is 15.8. The fourth-order valence-electron chi connectivity index (χ4n) is 11.4. The number of aromatic nitrogens is 1. The van der Waals surface area contributed by atoms with Gasteiger partial charge in [0.15, 0.2) is 0 Å². The molecule has 13 rings (SSSR count). The van der Waals surface area contributed by atoms with Gasteiger partial charge in [0.2, 0.25) is 0 Å². The van der Waals surface area contributed by atoms with E-state index in [1.165, 1.54) is 110 Å². The number of aryl methyl sites for hydroxylation is 1. The molecule has 2 unspecified atom stereocenters. The number of allylic oxidation sites excluding steroid dienone is 3. The number of para-hydroxylation sites is 1. The molecule has 0 N–H and O–H groups in total. The van der Waals surface area contributed by atoms with E-state index in [1.54, 1.807) is 0 Å². The maximum absolute atomic E-state index is 2.60. The Morgan fingerprint density at radius 3 is 2.05 bits per heavy atom. The van der Waals surface area contributed by atoms with Crippen LogP contribution in [-0.4, -0.2) is 10.6 Å². The number of nitrogens with zero attached hydrogens (tertiary/aromatic N) is 2. The van der Waals surface area contributed by atoms with Gasteiger partial charge in [0.25, 0.3) is 0 Å².